The van der Waals surface area contributed by atoms with Gasteiger partial charge in [-0.15, -0.1) is 0 Å². The molecule has 7 nitrogen and oxygen atoms in total. The van der Waals surface area contributed by atoms with Gasteiger partial charge in [0.25, 0.3) is 0 Å². The Morgan fingerprint density at radius 3 is 2.52 bits per heavy atom. The van der Waals surface area contributed by atoms with Crippen LogP contribution in [0.3, 0.4) is 0 Å². The van der Waals surface area contributed by atoms with Crippen molar-refractivity contribution in [3.63, 3.8) is 0 Å². The van der Waals surface area contributed by atoms with Crippen LogP contribution in [0.25, 0.3) is 16.7 Å². The maximum absolute atomic E-state index is 12.0. The SMILES string of the molecule is CC(C)[C@H](N)C(=O)NCC(=O)Nc1ccc(-n2cnc3ccccc32)cc1. The molecule has 0 aliphatic rings. The smallest absolute Gasteiger partial charge is 0.243 e. The molecule has 0 bridgehead atoms. The normalized spacial score (nSPS) is 12.1. The van der Waals surface area contributed by atoms with Gasteiger partial charge in [0.1, 0.15) is 6.33 Å². The fourth-order valence-corrected chi connectivity index (χ4v) is 2.66. The van der Waals surface area contributed by atoms with E-state index < -0.39 is 6.04 Å². The van der Waals surface area contributed by atoms with Crippen LogP contribution in [0, 0.1) is 5.92 Å². The van der Waals surface area contributed by atoms with Gasteiger partial charge in [0.2, 0.25) is 11.8 Å². The van der Waals surface area contributed by atoms with Gasteiger partial charge in [0, 0.05) is 11.4 Å². The van der Waals surface area contributed by atoms with Crippen LogP contribution in [0.4, 0.5) is 5.69 Å². The van der Waals surface area contributed by atoms with E-state index in [1.807, 2.05) is 66.9 Å². The highest BCUT2D eigenvalue weighted by atomic mass is 16.2. The van der Waals surface area contributed by atoms with Crippen LogP contribution >= 0.6 is 0 Å². The van der Waals surface area contributed by atoms with Crippen LogP contribution in [0.2, 0.25) is 0 Å². The van der Waals surface area contributed by atoms with Crippen LogP contribution in [-0.2, 0) is 9.59 Å². The summed E-state index contributed by atoms with van der Waals surface area (Å²) in [6.07, 6.45) is 1.77. The summed E-state index contributed by atoms with van der Waals surface area (Å²) < 4.78 is 1.98. The van der Waals surface area contributed by atoms with Crippen molar-refractivity contribution in [3.8, 4) is 5.69 Å². The first-order valence-electron chi connectivity index (χ1n) is 8.81. The number of imidazole rings is 1. The zero-order valence-corrected chi connectivity index (χ0v) is 15.3. The van der Waals surface area contributed by atoms with E-state index >= 15 is 0 Å². The molecule has 2 aromatic carbocycles. The number of nitrogens with two attached hydrogens (primary N) is 1. The first-order chi connectivity index (χ1) is 13.0. The molecule has 3 rings (SSSR count). The van der Waals surface area contributed by atoms with Crippen LogP contribution in [-0.4, -0.2) is 34.0 Å². The molecule has 2 amide bonds. The minimum Gasteiger partial charge on any atom is -0.346 e. The highest BCUT2D eigenvalue weighted by Crippen LogP contribution is 2.19. The van der Waals surface area contributed by atoms with Gasteiger partial charge in [-0.3, -0.25) is 14.2 Å². The van der Waals surface area contributed by atoms with Gasteiger partial charge in [0.05, 0.1) is 23.6 Å². The Balaban J connectivity index is 1.61. The van der Waals surface area contributed by atoms with E-state index in [2.05, 4.69) is 15.6 Å². The second-order valence-corrected chi connectivity index (χ2v) is 6.69. The van der Waals surface area contributed by atoms with E-state index in [0.717, 1.165) is 16.7 Å². The number of fused-ring (bicyclic) bond motifs is 1. The van der Waals surface area contributed by atoms with Crippen LogP contribution in [0.15, 0.2) is 54.9 Å². The largest absolute Gasteiger partial charge is 0.346 e. The lowest BCUT2D eigenvalue weighted by Gasteiger charge is -2.15. The molecule has 0 unspecified atom stereocenters. The third-order valence-electron chi connectivity index (χ3n) is 4.33. The highest BCUT2D eigenvalue weighted by molar-refractivity contribution is 5.95. The molecule has 7 heteroatoms. The van der Waals surface area contributed by atoms with E-state index in [1.165, 1.54) is 0 Å². The highest BCUT2D eigenvalue weighted by Gasteiger charge is 2.17. The number of aromatic nitrogens is 2. The average Bonchev–Trinajstić information content (AvgIpc) is 3.10. The Labute approximate surface area is 157 Å². The van der Waals surface area contributed by atoms with Gasteiger partial charge in [-0.1, -0.05) is 26.0 Å². The monoisotopic (exact) mass is 365 g/mol. The Morgan fingerprint density at radius 2 is 1.81 bits per heavy atom. The van der Waals surface area contributed by atoms with E-state index in [1.54, 1.807) is 6.33 Å². The maximum atomic E-state index is 12.0. The van der Waals surface area contributed by atoms with Crippen molar-refractivity contribution in [3.05, 3.63) is 54.9 Å². The van der Waals surface area contributed by atoms with Crippen molar-refractivity contribution >= 4 is 28.5 Å². The number of nitrogens with zero attached hydrogens (tertiary/aromatic N) is 2. The number of anilines is 1. The second-order valence-electron chi connectivity index (χ2n) is 6.69. The Hall–Kier alpha value is -3.19. The molecule has 0 aliphatic heterocycles. The Bertz CT molecular complexity index is 946. The van der Waals surface area contributed by atoms with Crippen LogP contribution in [0.1, 0.15) is 13.8 Å². The summed E-state index contributed by atoms with van der Waals surface area (Å²) in [7, 11) is 0. The molecule has 140 valence electrons. The summed E-state index contributed by atoms with van der Waals surface area (Å²) in [6, 6.07) is 14.7. The summed E-state index contributed by atoms with van der Waals surface area (Å²) in [5, 5.41) is 5.31. The lowest BCUT2D eigenvalue weighted by atomic mass is 10.1. The van der Waals surface area contributed by atoms with Crippen LogP contribution < -0.4 is 16.4 Å². The molecule has 1 heterocycles. The molecular formula is C20H23N5O2. The predicted octanol–water partition coefficient (Wildman–Crippen LogP) is 2.06. The number of carbonyl (C=O) groups is 2. The molecule has 1 atom stereocenters. The summed E-state index contributed by atoms with van der Waals surface area (Å²) in [4.78, 5) is 28.2. The molecule has 0 radical (unpaired) electrons. The summed E-state index contributed by atoms with van der Waals surface area (Å²) in [5.74, 6) is -0.623. The number of hydrogen-bond acceptors (Lipinski definition) is 4. The fraction of sp³-hybridized carbons (Fsp3) is 0.250. The average molecular weight is 365 g/mol. The third kappa shape index (κ3) is 4.32. The van der Waals surface area contributed by atoms with E-state index in [4.69, 9.17) is 5.73 Å². The van der Waals surface area contributed by atoms with E-state index in [9.17, 15) is 9.59 Å². The minimum absolute atomic E-state index is 0.0138. The maximum Gasteiger partial charge on any atom is 0.243 e. The number of carbonyl (C=O) groups excluding carboxylic acids is 2. The zero-order chi connectivity index (χ0) is 19.4. The lowest BCUT2D eigenvalue weighted by Crippen LogP contribution is -2.46. The van der Waals surface area contributed by atoms with Crippen LogP contribution in [0.5, 0.6) is 0 Å². The van der Waals surface area contributed by atoms with Gasteiger partial charge >= 0.3 is 0 Å². The summed E-state index contributed by atoms with van der Waals surface area (Å²) in [6.45, 7) is 3.60. The zero-order valence-electron chi connectivity index (χ0n) is 15.3. The van der Waals surface area contributed by atoms with Crippen molar-refractivity contribution in [2.45, 2.75) is 19.9 Å². The van der Waals surface area contributed by atoms with Crippen molar-refractivity contribution in [1.29, 1.82) is 0 Å². The van der Waals surface area contributed by atoms with Crippen molar-refractivity contribution in [2.75, 3.05) is 11.9 Å². The number of benzene rings is 2. The molecule has 0 aliphatic carbocycles. The number of para-hydroxylation sites is 2. The first-order valence-corrected chi connectivity index (χ1v) is 8.81. The molecule has 1 aromatic heterocycles. The lowest BCUT2D eigenvalue weighted by molar-refractivity contribution is -0.125. The van der Waals surface area contributed by atoms with E-state index in [0.29, 0.717) is 5.69 Å². The third-order valence-corrected chi connectivity index (χ3v) is 4.33. The molecule has 3 aromatic rings. The van der Waals surface area contributed by atoms with E-state index in [-0.39, 0.29) is 24.3 Å². The predicted molar refractivity (Wildman–Crippen MR) is 106 cm³/mol. The molecule has 0 saturated carbocycles. The molecule has 0 spiro atoms. The molecule has 0 saturated heterocycles. The minimum atomic E-state index is -0.623. The van der Waals surface area contributed by atoms with Gasteiger partial charge in [-0.25, -0.2) is 4.98 Å². The Kier molecular flexibility index (Phi) is 5.52. The van der Waals surface area contributed by atoms with Gasteiger partial charge in [-0.2, -0.15) is 0 Å². The fourth-order valence-electron chi connectivity index (χ4n) is 2.66. The quantitative estimate of drug-likeness (QED) is 0.622. The number of rotatable bonds is 6. The topological polar surface area (TPSA) is 102 Å². The number of amides is 2. The van der Waals surface area contributed by atoms with Gasteiger partial charge in [-0.05, 0) is 42.3 Å². The van der Waals surface area contributed by atoms with Crippen molar-refractivity contribution in [2.24, 2.45) is 11.7 Å². The number of hydrogen-bond donors (Lipinski definition) is 3. The first kappa shape index (κ1) is 18.6. The molecule has 4 N–H and O–H groups in total. The molecular weight excluding hydrogens is 342 g/mol. The summed E-state index contributed by atoms with van der Waals surface area (Å²) >= 11 is 0. The van der Waals surface area contributed by atoms with Crippen molar-refractivity contribution < 1.29 is 9.59 Å². The molecule has 27 heavy (non-hydrogen) atoms. The Morgan fingerprint density at radius 1 is 1.11 bits per heavy atom. The van der Waals surface area contributed by atoms with Gasteiger partial charge < -0.3 is 16.4 Å². The van der Waals surface area contributed by atoms with Gasteiger partial charge in [0.15, 0.2) is 0 Å². The number of nitrogens with one attached hydrogen (secondary N) is 2. The molecule has 0 fully saturated rings. The van der Waals surface area contributed by atoms with Crippen molar-refractivity contribution in [1.82, 2.24) is 14.9 Å². The summed E-state index contributed by atoms with van der Waals surface area (Å²) in [5.41, 5.74) is 9.28. The standard InChI is InChI=1S/C20H23N5O2/c1-13(2)19(21)20(27)22-11-18(26)24-14-7-9-15(10-8-14)25-12-23-16-5-3-4-6-17(16)25/h3-10,12-13,19H,11,21H2,1-2H3,(H,22,27)(H,24,26)/t19-/m0/s1. The second kappa shape index (κ2) is 8.01.